The number of fused-ring (bicyclic) bond motifs is 1. The van der Waals surface area contributed by atoms with Crippen molar-refractivity contribution in [2.75, 3.05) is 13.1 Å². The van der Waals surface area contributed by atoms with Crippen LogP contribution in [0, 0.1) is 0 Å². The molecule has 0 atom stereocenters. The lowest BCUT2D eigenvalue weighted by molar-refractivity contribution is 0.180. The highest BCUT2D eigenvalue weighted by Crippen LogP contribution is 2.27. The molecule has 1 N–H and O–H groups in total. The van der Waals surface area contributed by atoms with Crippen LogP contribution in [-0.4, -0.2) is 27.5 Å². The van der Waals surface area contributed by atoms with E-state index in [0.29, 0.717) is 5.02 Å². The molecular weight excluding hydrogens is 322 g/mol. The van der Waals surface area contributed by atoms with Gasteiger partial charge >= 0.3 is 5.69 Å². The van der Waals surface area contributed by atoms with Crippen molar-refractivity contribution in [3.05, 3.63) is 69.6 Å². The predicted octanol–water partition coefficient (Wildman–Crippen LogP) is 3.82. The molecule has 2 heterocycles. The number of nitrogens with one attached hydrogen (secondary N) is 1. The SMILES string of the molecule is O=c1[nH]c2ccc(Cl)cc2n1C1CCN(Cc2ccccc2)CC1. The van der Waals surface area contributed by atoms with Crippen LogP contribution >= 0.6 is 11.6 Å². The predicted molar refractivity (Wildman–Crippen MR) is 97.6 cm³/mol. The van der Waals surface area contributed by atoms with Gasteiger partial charge < -0.3 is 4.98 Å². The van der Waals surface area contributed by atoms with Crippen molar-refractivity contribution in [2.45, 2.75) is 25.4 Å². The number of aromatic amines is 1. The van der Waals surface area contributed by atoms with Crippen molar-refractivity contribution in [3.63, 3.8) is 0 Å². The van der Waals surface area contributed by atoms with E-state index in [0.717, 1.165) is 43.5 Å². The monoisotopic (exact) mass is 341 g/mol. The molecule has 124 valence electrons. The molecular formula is C19H20ClN3O. The van der Waals surface area contributed by atoms with Gasteiger partial charge in [-0.25, -0.2) is 4.79 Å². The first-order chi connectivity index (χ1) is 11.7. The van der Waals surface area contributed by atoms with Crippen LogP contribution in [0.4, 0.5) is 0 Å². The van der Waals surface area contributed by atoms with Crippen molar-refractivity contribution in [2.24, 2.45) is 0 Å². The first-order valence-corrected chi connectivity index (χ1v) is 8.74. The van der Waals surface area contributed by atoms with Gasteiger partial charge in [0.2, 0.25) is 0 Å². The first kappa shape index (κ1) is 15.5. The van der Waals surface area contributed by atoms with Crippen molar-refractivity contribution < 1.29 is 0 Å². The minimum atomic E-state index is -0.0335. The molecule has 1 aliphatic heterocycles. The third-order valence-corrected chi connectivity index (χ3v) is 5.09. The fourth-order valence-corrected chi connectivity index (χ4v) is 3.80. The van der Waals surface area contributed by atoms with E-state index in [4.69, 9.17) is 11.6 Å². The lowest BCUT2D eigenvalue weighted by Gasteiger charge is -2.32. The molecule has 1 aliphatic rings. The van der Waals surface area contributed by atoms with Gasteiger partial charge in [-0.2, -0.15) is 0 Å². The summed E-state index contributed by atoms with van der Waals surface area (Å²) in [5.74, 6) is 0. The lowest BCUT2D eigenvalue weighted by atomic mass is 10.0. The zero-order valence-corrected chi connectivity index (χ0v) is 14.2. The van der Waals surface area contributed by atoms with E-state index in [-0.39, 0.29) is 11.7 Å². The van der Waals surface area contributed by atoms with Crippen LogP contribution in [0.25, 0.3) is 11.0 Å². The highest BCUT2D eigenvalue weighted by molar-refractivity contribution is 6.31. The third-order valence-electron chi connectivity index (χ3n) is 4.85. The minimum Gasteiger partial charge on any atom is -0.306 e. The molecule has 0 unspecified atom stereocenters. The molecule has 0 bridgehead atoms. The standard InChI is InChI=1S/C19H20ClN3O/c20-15-6-7-17-18(12-15)23(19(24)21-17)16-8-10-22(11-9-16)13-14-4-2-1-3-5-14/h1-7,12,16H,8-11,13H2,(H,21,24). The molecule has 1 aromatic heterocycles. The van der Waals surface area contributed by atoms with E-state index in [1.807, 2.05) is 28.8 Å². The van der Waals surface area contributed by atoms with Crippen LogP contribution in [0.5, 0.6) is 0 Å². The Bertz CT molecular complexity index is 892. The van der Waals surface area contributed by atoms with E-state index < -0.39 is 0 Å². The Morgan fingerprint density at radius 2 is 1.83 bits per heavy atom. The van der Waals surface area contributed by atoms with Gasteiger partial charge in [-0.1, -0.05) is 41.9 Å². The smallest absolute Gasteiger partial charge is 0.306 e. The molecule has 24 heavy (non-hydrogen) atoms. The summed E-state index contributed by atoms with van der Waals surface area (Å²) in [6.07, 6.45) is 1.96. The number of benzene rings is 2. The van der Waals surface area contributed by atoms with Crippen LogP contribution in [0.1, 0.15) is 24.4 Å². The maximum absolute atomic E-state index is 12.4. The Balaban J connectivity index is 1.51. The topological polar surface area (TPSA) is 41.0 Å². The molecule has 1 saturated heterocycles. The molecule has 4 rings (SSSR count). The Hall–Kier alpha value is -2.04. The molecule has 4 nitrogen and oxygen atoms in total. The molecule has 5 heteroatoms. The maximum atomic E-state index is 12.4. The number of piperidine rings is 1. The second kappa shape index (κ2) is 6.46. The minimum absolute atomic E-state index is 0.0335. The number of rotatable bonds is 3. The molecule has 0 spiro atoms. The van der Waals surface area contributed by atoms with Crippen LogP contribution in [0.15, 0.2) is 53.3 Å². The fourth-order valence-electron chi connectivity index (χ4n) is 3.63. The average Bonchev–Trinajstić information content (AvgIpc) is 2.92. The zero-order valence-electron chi connectivity index (χ0n) is 13.4. The van der Waals surface area contributed by atoms with Crippen LogP contribution in [0.2, 0.25) is 5.02 Å². The number of imidazole rings is 1. The van der Waals surface area contributed by atoms with Crippen molar-refractivity contribution in [1.29, 1.82) is 0 Å². The van der Waals surface area contributed by atoms with Gasteiger partial charge in [-0.05, 0) is 36.6 Å². The normalized spacial score (nSPS) is 16.7. The molecule has 0 saturated carbocycles. The van der Waals surface area contributed by atoms with E-state index in [1.54, 1.807) is 0 Å². The third kappa shape index (κ3) is 2.99. The number of nitrogens with zero attached hydrogens (tertiary/aromatic N) is 2. The number of H-pyrrole nitrogens is 1. The van der Waals surface area contributed by atoms with Crippen molar-refractivity contribution in [1.82, 2.24) is 14.5 Å². The molecule has 1 fully saturated rings. The molecule has 0 radical (unpaired) electrons. The number of hydrogen-bond donors (Lipinski definition) is 1. The molecule has 2 aromatic carbocycles. The summed E-state index contributed by atoms with van der Waals surface area (Å²) in [6, 6.07) is 16.3. The summed E-state index contributed by atoms with van der Waals surface area (Å²) in [4.78, 5) is 17.8. The van der Waals surface area contributed by atoms with Gasteiger partial charge in [0.1, 0.15) is 0 Å². The molecule has 3 aromatic rings. The molecule has 0 amide bonds. The highest BCUT2D eigenvalue weighted by Gasteiger charge is 2.23. The zero-order chi connectivity index (χ0) is 16.5. The van der Waals surface area contributed by atoms with E-state index in [2.05, 4.69) is 34.1 Å². The van der Waals surface area contributed by atoms with Gasteiger partial charge in [0.25, 0.3) is 0 Å². The Morgan fingerprint density at radius 3 is 2.58 bits per heavy atom. The van der Waals surface area contributed by atoms with Crippen LogP contribution in [-0.2, 0) is 6.54 Å². The van der Waals surface area contributed by atoms with Crippen LogP contribution < -0.4 is 5.69 Å². The summed E-state index contributed by atoms with van der Waals surface area (Å²) < 4.78 is 1.89. The number of halogens is 1. The summed E-state index contributed by atoms with van der Waals surface area (Å²) >= 11 is 6.11. The highest BCUT2D eigenvalue weighted by atomic mass is 35.5. The Labute approximate surface area is 145 Å². The summed E-state index contributed by atoms with van der Waals surface area (Å²) in [6.45, 7) is 2.97. The number of aromatic nitrogens is 2. The second-order valence-electron chi connectivity index (χ2n) is 6.45. The summed E-state index contributed by atoms with van der Waals surface area (Å²) in [7, 11) is 0. The number of likely N-dealkylation sites (tertiary alicyclic amines) is 1. The largest absolute Gasteiger partial charge is 0.326 e. The Kier molecular flexibility index (Phi) is 4.17. The maximum Gasteiger partial charge on any atom is 0.326 e. The first-order valence-electron chi connectivity index (χ1n) is 8.37. The van der Waals surface area contributed by atoms with E-state index in [9.17, 15) is 4.79 Å². The summed E-state index contributed by atoms with van der Waals surface area (Å²) in [5.41, 5.74) is 3.07. The van der Waals surface area contributed by atoms with E-state index >= 15 is 0 Å². The molecule has 0 aliphatic carbocycles. The quantitative estimate of drug-likeness (QED) is 0.786. The van der Waals surface area contributed by atoms with Crippen molar-refractivity contribution >= 4 is 22.6 Å². The van der Waals surface area contributed by atoms with Gasteiger partial charge in [-0.15, -0.1) is 0 Å². The van der Waals surface area contributed by atoms with Crippen LogP contribution in [0.3, 0.4) is 0 Å². The van der Waals surface area contributed by atoms with E-state index in [1.165, 1.54) is 5.56 Å². The summed E-state index contributed by atoms with van der Waals surface area (Å²) in [5, 5.41) is 0.664. The van der Waals surface area contributed by atoms with Gasteiger partial charge in [0, 0.05) is 30.7 Å². The van der Waals surface area contributed by atoms with Gasteiger partial charge in [0.15, 0.2) is 0 Å². The average molecular weight is 342 g/mol. The second-order valence-corrected chi connectivity index (χ2v) is 6.89. The van der Waals surface area contributed by atoms with Gasteiger partial charge in [-0.3, -0.25) is 9.47 Å². The number of hydrogen-bond acceptors (Lipinski definition) is 2. The lowest BCUT2D eigenvalue weighted by Crippen LogP contribution is -2.36. The van der Waals surface area contributed by atoms with Crippen molar-refractivity contribution in [3.8, 4) is 0 Å². The van der Waals surface area contributed by atoms with Gasteiger partial charge in [0.05, 0.1) is 11.0 Å². The fraction of sp³-hybridized carbons (Fsp3) is 0.316. The Morgan fingerprint density at radius 1 is 1.08 bits per heavy atom.